The molecule has 3 amide bonds. The molecule has 31 heavy (non-hydrogen) atoms. The lowest BCUT2D eigenvalue weighted by Gasteiger charge is -2.09. The average molecular weight is 417 g/mol. The number of rotatable bonds is 7. The van der Waals surface area contributed by atoms with E-state index < -0.39 is 5.82 Å². The second-order valence-electron chi connectivity index (χ2n) is 6.63. The molecule has 0 unspecified atom stereocenters. The highest BCUT2D eigenvalue weighted by Crippen LogP contribution is 2.16. The quantitative estimate of drug-likeness (QED) is 0.499. The van der Waals surface area contributed by atoms with Gasteiger partial charge in [-0.1, -0.05) is 30.8 Å². The molecule has 3 N–H and O–H groups in total. The van der Waals surface area contributed by atoms with Crippen molar-refractivity contribution in [2.75, 3.05) is 16.0 Å². The minimum atomic E-state index is -0.495. The maximum atomic E-state index is 13.6. The van der Waals surface area contributed by atoms with E-state index in [1.807, 2.05) is 0 Å². The van der Waals surface area contributed by atoms with Crippen LogP contribution in [0.1, 0.15) is 15.9 Å². The van der Waals surface area contributed by atoms with E-state index >= 15 is 0 Å². The Labute approximate surface area is 178 Å². The number of hydrogen-bond donors (Lipinski definition) is 3. The summed E-state index contributed by atoms with van der Waals surface area (Å²) < 4.78 is 13.6. The van der Waals surface area contributed by atoms with E-state index in [-0.39, 0.29) is 29.8 Å². The summed E-state index contributed by atoms with van der Waals surface area (Å²) >= 11 is 0. The maximum Gasteiger partial charge on any atom is 0.255 e. The minimum absolute atomic E-state index is 0.0699. The van der Waals surface area contributed by atoms with Crippen LogP contribution in [0.25, 0.3) is 0 Å². The molecule has 0 aromatic heterocycles. The van der Waals surface area contributed by atoms with Gasteiger partial charge in [-0.3, -0.25) is 14.4 Å². The normalized spacial score (nSPS) is 10.1. The number of nitrogens with one attached hydrogen (secondary N) is 3. The molecule has 0 fully saturated rings. The Morgan fingerprint density at radius 3 is 2.06 bits per heavy atom. The molecule has 0 heterocycles. The molecule has 3 aromatic rings. The predicted molar refractivity (Wildman–Crippen MR) is 118 cm³/mol. The Hall–Kier alpha value is -4.26. The van der Waals surface area contributed by atoms with E-state index in [2.05, 4.69) is 22.5 Å². The van der Waals surface area contributed by atoms with Gasteiger partial charge in [0.15, 0.2) is 0 Å². The number of amides is 3. The molecule has 7 heteroatoms. The first-order valence-corrected chi connectivity index (χ1v) is 9.43. The molecule has 0 aliphatic heterocycles. The highest BCUT2D eigenvalue weighted by atomic mass is 19.1. The van der Waals surface area contributed by atoms with Crippen molar-refractivity contribution in [2.45, 2.75) is 6.42 Å². The van der Waals surface area contributed by atoms with Crippen LogP contribution in [0.15, 0.2) is 85.5 Å². The maximum absolute atomic E-state index is 13.6. The van der Waals surface area contributed by atoms with Crippen molar-refractivity contribution in [3.8, 4) is 0 Å². The number of para-hydroxylation sites is 1. The third-order valence-electron chi connectivity index (χ3n) is 4.32. The fourth-order valence-electron chi connectivity index (χ4n) is 2.75. The molecule has 156 valence electrons. The van der Waals surface area contributed by atoms with Gasteiger partial charge in [0, 0.05) is 16.9 Å². The number of hydrogen-bond acceptors (Lipinski definition) is 3. The monoisotopic (exact) mass is 417 g/mol. The van der Waals surface area contributed by atoms with Gasteiger partial charge in [-0.05, 0) is 60.2 Å². The molecule has 6 nitrogen and oxygen atoms in total. The Balaban J connectivity index is 1.55. The summed E-state index contributed by atoms with van der Waals surface area (Å²) in [4.78, 5) is 35.8. The van der Waals surface area contributed by atoms with E-state index in [0.717, 1.165) is 6.08 Å². The summed E-state index contributed by atoms with van der Waals surface area (Å²) in [5.74, 6) is -1.48. The van der Waals surface area contributed by atoms with E-state index in [4.69, 9.17) is 0 Å². The molecule has 3 rings (SSSR count). The van der Waals surface area contributed by atoms with Crippen molar-refractivity contribution in [3.63, 3.8) is 0 Å². The van der Waals surface area contributed by atoms with Gasteiger partial charge in [0.2, 0.25) is 11.8 Å². The second-order valence-corrected chi connectivity index (χ2v) is 6.63. The van der Waals surface area contributed by atoms with Crippen LogP contribution in [0.4, 0.5) is 21.5 Å². The van der Waals surface area contributed by atoms with Crippen LogP contribution in [-0.4, -0.2) is 17.7 Å². The SMILES string of the molecule is C=CC(=O)Nc1ccc(C(=O)Nc2ccc(CC(=O)Nc3ccccc3F)cc2)cc1. The number of benzene rings is 3. The first-order chi connectivity index (χ1) is 14.9. The van der Waals surface area contributed by atoms with Crippen molar-refractivity contribution in [1.82, 2.24) is 0 Å². The van der Waals surface area contributed by atoms with E-state index in [0.29, 0.717) is 22.5 Å². The van der Waals surface area contributed by atoms with Crippen LogP contribution in [0, 0.1) is 5.82 Å². The van der Waals surface area contributed by atoms with Crippen LogP contribution in [-0.2, 0) is 16.0 Å². The van der Waals surface area contributed by atoms with Gasteiger partial charge in [-0.15, -0.1) is 0 Å². The molecule has 0 aliphatic rings. The van der Waals surface area contributed by atoms with Gasteiger partial charge in [-0.25, -0.2) is 4.39 Å². The Morgan fingerprint density at radius 1 is 0.806 bits per heavy atom. The van der Waals surface area contributed by atoms with Crippen molar-refractivity contribution in [1.29, 1.82) is 0 Å². The molecule has 3 aromatic carbocycles. The van der Waals surface area contributed by atoms with E-state index in [1.165, 1.54) is 12.1 Å². The van der Waals surface area contributed by atoms with Crippen LogP contribution in [0.3, 0.4) is 0 Å². The summed E-state index contributed by atoms with van der Waals surface area (Å²) in [7, 11) is 0. The highest BCUT2D eigenvalue weighted by Gasteiger charge is 2.09. The zero-order chi connectivity index (χ0) is 22.2. The number of carbonyl (C=O) groups is 3. The van der Waals surface area contributed by atoms with E-state index in [9.17, 15) is 18.8 Å². The van der Waals surface area contributed by atoms with Crippen LogP contribution in [0.2, 0.25) is 0 Å². The average Bonchev–Trinajstić information content (AvgIpc) is 2.77. The Kier molecular flexibility index (Phi) is 6.90. The van der Waals surface area contributed by atoms with Crippen molar-refractivity contribution < 1.29 is 18.8 Å². The molecule has 0 aliphatic carbocycles. The van der Waals surface area contributed by atoms with Gasteiger partial charge >= 0.3 is 0 Å². The number of halogens is 1. The summed E-state index contributed by atoms with van der Waals surface area (Å²) in [5, 5.41) is 7.90. The molecule has 0 bridgehead atoms. The van der Waals surface area contributed by atoms with Crippen molar-refractivity contribution >= 4 is 34.8 Å². The Morgan fingerprint density at radius 2 is 1.42 bits per heavy atom. The molecular weight excluding hydrogens is 397 g/mol. The lowest BCUT2D eigenvalue weighted by molar-refractivity contribution is -0.115. The van der Waals surface area contributed by atoms with Crippen LogP contribution >= 0.6 is 0 Å². The molecule has 0 spiro atoms. The second kappa shape index (κ2) is 9.98. The van der Waals surface area contributed by atoms with Crippen molar-refractivity contribution in [3.05, 3.63) is 102 Å². The fraction of sp³-hybridized carbons (Fsp3) is 0.0417. The third kappa shape index (κ3) is 6.11. The highest BCUT2D eigenvalue weighted by molar-refractivity contribution is 6.05. The summed E-state index contributed by atoms with van der Waals surface area (Å²) in [5.41, 5.74) is 2.39. The molecule has 0 saturated carbocycles. The smallest absolute Gasteiger partial charge is 0.255 e. The largest absolute Gasteiger partial charge is 0.323 e. The van der Waals surface area contributed by atoms with Crippen LogP contribution < -0.4 is 16.0 Å². The van der Waals surface area contributed by atoms with Gasteiger partial charge in [0.05, 0.1) is 12.1 Å². The first-order valence-electron chi connectivity index (χ1n) is 9.43. The number of carbonyl (C=O) groups excluding carboxylic acids is 3. The topological polar surface area (TPSA) is 87.3 Å². The standard InChI is InChI=1S/C24H20FN3O3/c1-2-22(29)26-18-13-9-17(10-14-18)24(31)27-19-11-7-16(8-12-19)15-23(30)28-21-6-4-3-5-20(21)25/h2-14H,1,15H2,(H,26,29)(H,27,31)(H,28,30). The minimum Gasteiger partial charge on any atom is -0.323 e. The number of anilines is 3. The van der Waals surface area contributed by atoms with Gasteiger partial charge in [0.1, 0.15) is 5.82 Å². The first kappa shape index (κ1) is 21.4. The zero-order valence-corrected chi connectivity index (χ0v) is 16.5. The Bertz CT molecular complexity index is 1110. The summed E-state index contributed by atoms with van der Waals surface area (Å²) in [6.07, 6.45) is 1.23. The predicted octanol–water partition coefficient (Wildman–Crippen LogP) is 4.38. The zero-order valence-electron chi connectivity index (χ0n) is 16.5. The van der Waals surface area contributed by atoms with Gasteiger partial charge in [-0.2, -0.15) is 0 Å². The molecular formula is C24H20FN3O3. The lowest BCUT2D eigenvalue weighted by Crippen LogP contribution is -2.15. The van der Waals surface area contributed by atoms with Crippen LogP contribution in [0.5, 0.6) is 0 Å². The van der Waals surface area contributed by atoms with Crippen molar-refractivity contribution in [2.24, 2.45) is 0 Å². The third-order valence-corrected chi connectivity index (χ3v) is 4.32. The van der Waals surface area contributed by atoms with Gasteiger partial charge < -0.3 is 16.0 Å². The fourth-order valence-corrected chi connectivity index (χ4v) is 2.75. The molecule has 0 atom stereocenters. The molecule has 0 saturated heterocycles. The summed E-state index contributed by atoms with van der Waals surface area (Å²) in [6, 6.07) is 19.2. The summed E-state index contributed by atoms with van der Waals surface area (Å²) in [6.45, 7) is 3.38. The molecule has 0 radical (unpaired) electrons. The van der Waals surface area contributed by atoms with Gasteiger partial charge in [0.25, 0.3) is 5.91 Å². The lowest BCUT2D eigenvalue weighted by atomic mass is 10.1. The van der Waals surface area contributed by atoms with E-state index in [1.54, 1.807) is 60.7 Å².